The molecule has 14 heavy (non-hydrogen) atoms. The average molecular weight is 195 g/mol. The van der Waals surface area contributed by atoms with Crippen LogP contribution in [0.5, 0.6) is 0 Å². The van der Waals surface area contributed by atoms with Crippen LogP contribution in [0.15, 0.2) is 6.07 Å². The molecule has 1 heterocycles. The summed E-state index contributed by atoms with van der Waals surface area (Å²) in [4.78, 5) is 19.3. The number of carbonyl (C=O) groups excluding carboxylic acids is 1. The summed E-state index contributed by atoms with van der Waals surface area (Å²) in [5, 5.41) is 0. The zero-order valence-electron chi connectivity index (χ0n) is 8.28. The monoisotopic (exact) mass is 195 g/mol. The quantitative estimate of drug-likeness (QED) is 0.707. The minimum Gasteiger partial charge on any atom is -0.461 e. The predicted octanol–water partition coefficient (Wildman–Crippen LogP) is 0.420. The highest BCUT2D eigenvalue weighted by molar-refractivity contribution is 5.87. The highest BCUT2D eigenvalue weighted by Crippen LogP contribution is 2.02. The molecule has 5 nitrogen and oxygen atoms in total. The van der Waals surface area contributed by atoms with Crippen LogP contribution in [-0.2, 0) is 11.3 Å². The second-order valence-corrected chi connectivity index (χ2v) is 2.72. The topological polar surface area (TPSA) is 78.1 Å². The van der Waals surface area contributed by atoms with Crippen molar-refractivity contribution in [2.45, 2.75) is 20.4 Å². The van der Waals surface area contributed by atoms with Gasteiger partial charge in [-0.2, -0.15) is 0 Å². The van der Waals surface area contributed by atoms with Crippen LogP contribution < -0.4 is 5.73 Å². The van der Waals surface area contributed by atoms with Gasteiger partial charge in [-0.3, -0.25) is 0 Å². The van der Waals surface area contributed by atoms with E-state index in [1.54, 1.807) is 19.9 Å². The molecule has 0 aliphatic rings. The van der Waals surface area contributed by atoms with Gasteiger partial charge in [-0.15, -0.1) is 0 Å². The minimum atomic E-state index is -0.437. The summed E-state index contributed by atoms with van der Waals surface area (Å²) in [5.74, 6) is 0.0868. The number of aryl methyl sites for hydroxylation is 1. The molecule has 2 N–H and O–H groups in total. The lowest BCUT2D eigenvalue weighted by atomic mass is 10.3. The highest BCUT2D eigenvalue weighted by Gasteiger charge is 2.10. The number of esters is 1. The Bertz CT molecular complexity index is 339. The van der Waals surface area contributed by atoms with Crippen LogP contribution >= 0.6 is 0 Å². The van der Waals surface area contributed by atoms with Gasteiger partial charge in [0.05, 0.1) is 12.3 Å². The van der Waals surface area contributed by atoms with Crippen LogP contribution in [0.3, 0.4) is 0 Å². The van der Waals surface area contributed by atoms with E-state index in [4.69, 9.17) is 10.5 Å². The first-order valence-corrected chi connectivity index (χ1v) is 4.39. The molecule has 0 bridgehead atoms. The maximum absolute atomic E-state index is 11.3. The first-order chi connectivity index (χ1) is 6.67. The van der Waals surface area contributed by atoms with Gasteiger partial charge < -0.3 is 10.5 Å². The second-order valence-electron chi connectivity index (χ2n) is 2.72. The SMILES string of the molecule is CCOC(=O)c1cc(CN)nc(C)n1. The number of hydrogen-bond donors (Lipinski definition) is 1. The Labute approximate surface area is 82.3 Å². The third kappa shape index (κ3) is 2.50. The van der Waals surface area contributed by atoms with Crippen LogP contribution in [0, 0.1) is 6.92 Å². The van der Waals surface area contributed by atoms with Gasteiger partial charge in [-0.25, -0.2) is 14.8 Å². The zero-order chi connectivity index (χ0) is 10.6. The van der Waals surface area contributed by atoms with Gasteiger partial charge in [0.15, 0.2) is 5.69 Å². The molecule has 5 heteroatoms. The lowest BCUT2D eigenvalue weighted by Crippen LogP contribution is -2.11. The van der Waals surface area contributed by atoms with Crippen molar-refractivity contribution in [3.63, 3.8) is 0 Å². The summed E-state index contributed by atoms with van der Waals surface area (Å²) in [5.41, 5.74) is 6.32. The number of carbonyl (C=O) groups is 1. The summed E-state index contributed by atoms with van der Waals surface area (Å²) < 4.78 is 4.81. The highest BCUT2D eigenvalue weighted by atomic mass is 16.5. The van der Waals surface area contributed by atoms with Crippen LogP contribution in [0.25, 0.3) is 0 Å². The van der Waals surface area contributed by atoms with E-state index in [0.717, 1.165) is 0 Å². The summed E-state index contributed by atoms with van der Waals surface area (Å²) in [6.07, 6.45) is 0. The Morgan fingerprint density at radius 3 is 2.86 bits per heavy atom. The van der Waals surface area contributed by atoms with E-state index in [-0.39, 0.29) is 12.2 Å². The summed E-state index contributed by atoms with van der Waals surface area (Å²) in [7, 11) is 0. The fourth-order valence-electron chi connectivity index (χ4n) is 1.04. The second kappa shape index (κ2) is 4.66. The lowest BCUT2D eigenvalue weighted by molar-refractivity contribution is 0.0518. The first kappa shape index (κ1) is 10.6. The molecular weight excluding hydrogens is 182 g/mol. The van der Waals surface area contributed by atoms with E-state index in [1.165, 1.54) is 0 Å². The Morgan fingerprint density at radius 1 is 1.57 bits per heavy atom. The number of nitrogens with two attached hydrogens (primary N) is 1. The molecular formula is C9H13N3O2. The average Bonchev–Trinajstić information content (AvgIpc) is 2.17. The third-order valence-corrected chi connectivity index (χ3v) is 1.58. The van der Waals surface area contributed by atoms with Crippen LogP contribution in [0.1, 0.15) is 28.9 Å². The fraction of sp³-hybridized carbons (Fsp3) is 0.444. The van der Waals surface area contributed by atoms with Gasteiger partial charge in [-0.05, 0) is 19.9 Å². The van der Waals surface area contributed by atoms with Crippen LogP contribution in [0.2, 0.25) is 0 Å². The van der Waals surface area contributed by atoms with Crippen molar-refractivity contribution in [1.82, 2.24) is 9.97 Å². The van der Waals surface area contributed by atoms with Gasteiger partial charge in [0.25, 0.3) is 0 Å². The molecule has 1 aromatic rings. The summed E-state index contributed by atoms with van der Waals surface area (Å²) in [6.45, 7) is 4.08. The van der Waals surface area contributed by atoms with E-state index in [2.05, 4.69) is 9.97 Å². The first-order valence-electron chi connectivity index (χ1n) is 4.39. The van der Waals surface area contributed by atoms with Crippen molar-refractivity contribution in [2.75, 3.05) is 6.61 Å². The van der Waals surface area contributed by atoms with E-state index in [1.807, 2.05) is 0 Å². The van der Waals surface area contributed by atoms with Crippen LogP contribution in [-0.4, -0.2) is 22.5 Å². The van der Waals surface area contributed by atoms with Crippen molar-refractivity contribution in [3.8, 4) is 0 Å². The number of ether oxygens (including phenoxy) is 1. The smallest absolute Gasteiger partial charge is 0.357 e. The Morgan fingerprint density at radius 2 is 2.29 bits per heavy atom. The van der Waals surface area contributed by atoms with E-state index in [0.29, 0.717) is 18.1 Å². The van der Waals surface area contributed by atoms with Gasteiger partial charge in [0.1, 0.15) is 5.82 Å². The largest absolute Gasteiger partial charge is 0.461 e. The molecule has 0 amide bonds. The maximum atomic E-state index is 11.3. The maximum Gasteiger partial charge on any atom is 0.357 e. The lowest BCUT2D eigenvalue weighted by Gasteiger charge is -2.03. The number of hydrogen-bond acceptors (Lipinski definition) is 5. The van der Waals surface area contributed by atoms with Crippen molar-refractivity contribution < 1.29 is 9.53 Å². The van der Waals surface area contributed by atoms with Crippen LogP contribution in [0.4, 0.5) is 0 Å². The van der Waals surface area contributed by atoms with Crippen molar-refractivity contribution in [3.05, 3.63) is 23.3 Å². The Kier molecular flexibility index (Phi) is 3.53. The van der Waals surface area contributed by atoms with Gasteiger partial charge in [-0.1, -0.05) is 0 Å². The molecule has 0 fully saturated rings. The van der Waals surface area contributed by atoms with Gasteiger partial charge in [0.2, 0.25) is 0 Å². The molecule has 76 valence electrons. The normalized spacial score (nSPS) is 9.93. The summed E-state index contributed by atoms with van der Waals surface area (Å²) >= 11 is 0. The van der Waals surface area contributed by atoms with Crippen molar-refractivity contribution >= 4 is 5.97 Å². The minimum absolute atomic E-state index is 0.264. The number of rotatable bonds is 3. The molecule has 0 aromatic carbocycles. The third-order valence-electron chi connectivity index (χ3n) is 1.58. The molecule has 0 spiro atoms. The zero-order valence-corrected chi connectivity index (χ0v) is 8.28. The fourth-order valence-corrected chi connectivity index (χ4v) is 1.04. The molecule has 0 saturated heterocycles. The van der Waals surface area contributed by atoms with Gasteiger partial charge >= 0.3 is 5.97 Å². The molecule has 0 atom stereocenters. The van der Waals surface area contributed by atoms with Crippen molar-refractivity contribution in [1.29, 1.82) is 0 Å². The van der Waals surface area contributed by atoms with E-state index < -0.39 is 5.97 Å². The molecule has 1 rings (SSSR count). The molecule has 0 aliphatic carbocycles. The number of nitrogens with zero attached hydrogens (tertiary/aromatic N) is 2. The molecule has 0 unspecified atom stereocenters. The predicted molar refractivity (Wildman–Crippen MR) is 50.6 cm³/mol. The van der Waals surface area contributed by atoms with E-state index in [9.17, 15) is 4.79 Å². The molecule has 0 radical (unpaired) electrons. The Hall–Kier alpha value is -1.49. The Balaban J connectivity index is 2.96. The van der Waals surface area contributed by atoms with Crippen molar-refractivity contribution in [2.24, 2.45) is 5.73 Å². The molecule has 0 saturated carbocycles. The number of aromatic nitrogens is 2. The molecule has 0 aliphatic heterocycles. The summed E-state index contributed by atoms with van der Waals surface area (Å²) in [6, 6.07) is 1.55. The van der Waals surface area contributed by atoms with E-state index >= 15 is 0 Å². The van der Waals surface area contributed by atoms with Gasteiger partial charge in [0, 0.05) is 6.54 Å². The standard InChI is InChI=1S/C9H13N3O2/c1-3-14-9(13)8-4-7(5-10)11-6(2)12-8/h4H,3,5,10H2,1-2H3. The molecule has 1 aromatic heterocycles.